The molecular weight excluding hydrogens is 270 g/mol. The number of nitrogens with zero attached hydrogens (tertiary/aromatic N) is 1. The fraction of sp³-hybridized carbons (Fsp3) is 0.400. The Morgan fingerprint density at radius 1 is 1.26 bits per heavy atom. The molecule has 0 aromatic carbocycles. The molecule has 0 aliphatic carbocycles. The van der Waals surface area contributed by atoms with Gasteiger partial charge in [0.15, 0.2) is 6.61 Å². The lowest BCUT2D eigenvalue weighted by Gasteiger charge is -2.08. The Balaban J connectivity index is 2.49. The van der Waals surface area contributed by atoms with Crippen LogP contribution in [-0.2, 0) is 0 Å². The minimum Gasteiger partial charge on any atom is -0.472 e. The Hall–Kier alpha value is -2.06. The average Bonchev–Trinajstić information content (AvgIpc) is 2.34. The first kappa shape index (κ1) is 15.0. The van der Waals surface area contributed by atoms with Crippen molar-refractivity contribution in [1.29, 1.82) is 0 Å². The van der Waals surface area contributed by atoms with Gasteiger partial charge < -0.3 is 10.1 Å². The SMILES string of the molecule is O=C(NCC(F)F)Nc1cccc(OCC(F)F)n1. The second-order valence-electron chi connectivity index (χ2n) is 3.29. The van der Waals surface area contributed by atoms with Crippen molar-refractivity contribution in [2.75, 3.05) is 18.5 Å². The predicted molar refractivity (Wildman–Crippen MR) is 58.8 cm³/mol. The second-order valence-corrected chi connectivity index (χ2v) is 3.29. The molecule has 0 spiro atoms. The van der Waals surface area contributed by atoms with E-state index in [-0.39, 0.29) is 11.7 Å². The Kier molecular flexibility index (Phi) is 5.83. The molecule has 1 rings (SSSR count). The van der Waals surface area contributed by atoms with Gasteiger partial charge in [0.05, 0.1) is 6.54 Å². The van der Waals surface area contributed by atoms with E-state index < -0.39 is 32.0 Å². The zero-order valence-electron chi connectivity index (χ0n) is 9.58. The van der Waals surface area contributed by atoms with Crippen molar-refractivity contribution in [2.45, 2.75) is 12.9 Å². The van der Waals surface area contributed by atoms with Gasteiger partial charge in [-0.05, 0) is 6.07 Å². The highest BCUT2D eigenvalue weighted by molar-refractivity contribution is 5.88. The van der Waals surface area contributed by atoms with Gasteiger partial charge in [0, 0.05) is 6.07 Å². The van der Waals surface area contributed by atoms with Crippen molar-refractivity contribution in [3.8, 4) is 5.88 Å². The number of nitrogens with one attached hydrogen (secondary N) is 2. The maximum Gasteiger partial charge on any atom is 0.320 e. The first-order valence-corrected chi connectivity index (χ1v) is 5.18. The van der Waals surface area contributed by atoms with E-state index in [1.165, 1.54) is 18.2 Å². The monoisotopic (exact) mass is 281 g/mol. The molecule has 9 heteroatoms. The van der Waals surface area contributed by atoms with Gasteiger partial charge in [0.2, 0.25) is 5.88 Å². The maximum absolute atomic E-state index is 11.9. The summed E-state index contributed by atoms with van der Waals surface area (Å²) < 4.78 is 52.1. The van der Waals surface area contributed by atoms with Gasteiger partial charge in [0.25, 0.3) is 12.9 Å². The van der Waals surface area contributed by atoms with Gasteiger partial charge in [0.1, 0.15) is 5.82 Å². The van der Waals surface area contributed by atoms with Gasteiger partial charge >= 0.3 is 6.03 Å². The van der Waals surface area contributed by atoms with Crippen molar-refractivity contribution in [3.05, 3.63) is 18.2 Å². The van der Waals surface area contributed by atoms with Crippen LogP contribution in [0.25, 0.3) is 0 Å². The highest BCUT2D eigenvalue weighted by Gasteiger charge is 2.08. The van der Waals surface area contributed by atoms with Crippen molar-refractivity contribution in [1.82, 2.24) is 10.3 Å². The van der Waals surface area contributed by atoms with Crippen molar-refractivity contribution in [3.63, 3.8) is 0 Å². The molecular formula is C10H11F4N3O2. The van der Waals surface area contributed by atoms with E-state index in [4.69, 9.17) is 0 Å². The summed E-state index contributed by atoms with van der Waals surface area (Å²) in [5.74, 6) is -0.106. The number of hydrogen-bond acceptors (Lipinski definition) is 3. The summed E-state index contributed by atoms with van der Waals surface area (Å²) >= 11 is 0. The third-order valence-electron chi connectivity index (χ3n) is 1.74. The molecule has 0 saturated heterocycles. The minimum absolute atomic E-state index is 0.00136. The Bertz CT molecular complexity index is 418. The lowest BCUT2D eigenvalue weighted by atomic mass is 10.4. The fourth-order valence-corrected chi connectivity index (χ4v) is 1.04. The largest absolute Gasteiger partial charge is 0.472 e. The topological polar surface area (TPSA) is 63.2 Å². The van der Waals surface area contributed by atoms with E-state index in [1.807, 2.05) is 5.32 Å². The maximum atomic E-state index is 11.9. The lowest BCUT2D eigenvalue weighted by molar-refractivity contribution is 0.0796. The minimum atomic E-state index is -2.67. The number of amides is 2. The molecule has 19 heavy (non-hydrogen) atoms. The molecule has 0 fully saturated rings. The van der Waals surface area contributed by atoms with Crippen molar-refractivity contribution >= 4 is 11.8 Å². The molecule has 1 heterocycles. The van der Waals surface area contributed by atoms with Crippen LogP contribution < -0.4 is 15.4 Å². The summed E-state index contributed by atoms with van der Waals surface area (Å²) in [5.41, 5.74) is 0. The zero-order valence-corrected chi connectivity index (χ0v) is 9.58. The van der Waals surface area contributed by atoms with E-state index >= 15 is 0 Å². The molecule has 2 amide bonds. The number of anilines is 1. The van der Waals surface area contributed by atoms with Crippen LogP contribution in [0.5, 0.6) is 5.88 Å². The number of halogens is 4. The van der Waals surface area contributed by atoms with Crippen LogP contribution in [0.3, 0.4) is 0 Å². The van der Waals surface area contributed by atoms with Gasteiger partial charge in [-0.15, -0.1) is 0 Å². The predicted octanol–water partition coefficient (Wildman–Crippen LogP) is 2.11. The number of carbonyl (C=O) groups excluding carboxylic acids is 1. The number of pyridine rings is 1. The van der Waals surface area contributed by atoms with Gasteiger partial charge in [-0.25, -0.2) is 22.4 Å². The summed E-state index contributed by atoms with van der Waals surface area (Å²) in [5, 5.41) is 4.06. The number of hydrogen-bond donors (Lipinski definition) is 2. The summed E-state index contributed by atoms with van der Waals surface area (Å²) in [4.78, 5) is 14.8. The van der Waals surface area contributed by atoms with Crippen molar-refractivity contribution in [2.24, 2.45) is 0 Å². The number of urea groups is 1. The van der Waals surface area contributed by atoms with Gasteiger partial charge in [-0.2, -0.15) is 4.98 Å². The lowest BCUT2D eigenvalue weighted by Crippen LogP contribution is -2.32. The number of aromatic nitrogens is 1. The number of ether oxygens (including phenoxy) is 1. The Morgan fingerprint density at radius 2 is 2.00 bits per heavy atom. The van der Waals surface area contributed by atoms with Gasteiger partial charge in [-0.3, -0.25) is 5.32 Å². The molecule has 0 atom stereocenters. The molecule has 0 bridgehead atoms. The van der Waals surface area contributed by atoms with Crippen LogP contribution in [0, 0.1) is 0 Å². The molecule has 0 saturated carbocycles. The van der Waals surface area contributed by atoms with Crippen LogP contribution >= 0.6 is 0 Å². The highest BCUT2D eigenvalue weighted by Crippen LogP contribution is 2.12. The third kappa shape index (κ3) is 6.43. The van der Waals surface area contributed by atoms with Crippen LogP contribution in [-0.4, -0.2) is 37.0 Å². The summed E-state index contributed by atoms with van der Waals surface area (Å²) in [6.45, 7) is -1.62. The molecule has 0 aliphatic rings. The second kappa shape index (κ2) is 7.39. The molecule has 2 N–H and O–H groups in total. The summed E-state index contributed by atoms with van der Waals surface area (Å²) in [6, 6.07) is 3.22. The van der Waals surface area contributed by atoms with E-state index in [0.717, 1.165) is 0 Å². The number of carbonyl (C=O) groups is 1. The average molecular weight is 281 g/mol. The smallest absolute Gasteiger partial charge is 0.320 e. The fourth-order valence-electron chi connectivity index (χ4n) is 1.04. The zero-order chi connectivity index (χ0) is 14.3. The van der Waals surface area contributed by atoms with Gasteiger partial charge in [-0.1, -0.05) is 6.07 Å². The third-order valence-corrected chi connectivity index (χ3v) is 1.74. The molecule has 0 unspecified atom stereocenters. The molecule has 0 radical (unpaired) electrons. The van der Waals surface area contributed by atoms with E-state index in [9.17, 15) is 22.4 Å². The highest BCUT2D eigenvalue weighted by atomic mass is 19.3. The molecule has 0 aliphatic heterocycles. The quantitative estimate of drug-likeness (QED) is 0.785. The van der Waals surface area contributed by atoms with E-state index in [1.54, 1.807) is 0 Å². The van der Waals surface area contributed by atoms with E-state index in [2.05, 4.69) is 15.0 Å². The number of alkyl halides is 4. The Morgan fingerprint density at radius 3 is 2.63 bits per heavy atom. The molecule has 1 aromatic rings. The number of rotatable bonds is 6. The first-order chi connectivity index (χ1) is 8.97. The summed E-state index contributed by atoms with van der Waals surface area (Å²) in [7, 11) is 0. The first-order valence-electron chi connectivity index (χ1n) is 5.18. The van der Waals surface area contributed by atoms with Crippen LogP contribution in [0.15, 0.2) is 18.2 Å². The van der Waals surface area contributed by atoms with E-state index in [0.29, 0.717) is 0 Å². The summed E-state index contributed by atoms with van der Waals surface area (Å²) in [6.07, 6.45) is -5.31. The molecule has 5 nitrogen and oxygen atoms in total. The van der Waals surface area contributed by atoms with Crippen LogP contribution in [0.2, 0.25) is 0 Å². The van der Waals surface area contributed by atoms with Crippen LogP contribution in [0.1, 0.15) is 0 Å². The Labute approximate surface area is 106 Å². The molecule has 1 aromatic heterocycles. The molecule has 106 valence electrons. The van der Waals surface area contributed by atoms with Crippen molar-refractivity contribution < 1.29 is 27.1 Å². The van der Waals surface area contributed by atoms with Crippen LogP contribution in [0.4, 0.5) is 28.2 Å². The standard InChI is InChI=1S/C10H11F4N3O2/c11-6(12)4-15-10(18)17-8-2-1-3-9(16-8)19-5-7(13)14/h1-3,6-7H,4-5H2,(H2,15,16,17,18). The normalized spacial score (nSPS) is 10.6.